The lowest BCUT2D eigenvalue weighted by Gasteiger charge is -2.34. The Labute approximate surface area is 163 Å². The molecule has 3 heterocycles. The molecule has 2 aromatic heterocycles. The van der Waals surface area contributed by atoms with Gasteiger partial charge in [0.25, 0.3) is 5.91 Å². The van der Waals surface area contributed by atoms with Crippen molar-refractivity contribution in [1.82, 2.24) is 14.3 Å². The van der Waals surface area contributed by atoms with E-state index in [9.17, 15) is 9.18 Å². The van der Waals surface area contributed by atoms with Gasteiger partial charge in [-0.15, -0.1) is 0 Å². The van der Waals surface area contributed by atoms with Gasteiger partial charge in [-0.3, -0.25) is 9.20 Å². The molecule has 0 radical (unpaired) electrons. The first kappa shape index (κ1) is 18.4. The van der Waals surface area contributed by atoms with Crippen LogP contribution in [0.15, 0.2) is 42.6 Å². The Bertz CT molecular complexity index is 990. The molecule has 3 aromatic rings. The van der Waals surface area contributed by atoms with Crippen LogP contribution in [0.1, 0.15) is 23.1 Å². The van der Waals surface area contributed by atoms with E-state index in [1.165, 1.54) is 16.7 Å². The fraction of sp³-hybridized carbons (Fsp3) is 0.333. The molecule has 146 valence electrons. The standard InChI is InChI=1S/C21H24FN5O/c1-3-18-20(27-14-15(22)4-9-19(27)24-18)21(28)23-16-5-7-17(8-6-16)26-12-10-25(2)11-13-26/h4-9,14H,3,10-13H2,1-2H3,(H,23,28). The van der Waals surface area contributed by atoms with Crippen LogP contribution in [0.4, 0.5) is 15.8 Å². The van der Waals surface area contributed by atoms with Gasteiger partial charge in [0.2, 0.25) is 0 Å². The van der Waals surface area contributed by atoms with Gasteiger partial charge in [0.15, 0.2) is 0 Å². The highest BCUT2D eigenvalue weighted by Crippen LogP contribution is 2.21. The van der Waals surface area contributed by atoms with E-state index in [1.807, 2.05) is 31.2 Å². The highest BCUT2D eigenvalue weighted by Gasteiger charge is 2.19. The molecule has 1 fully saturated rings. The number of piperazine rings is 1. The Morgan fingerprint density at radius 1 is 1.11 bits per heavy atom. The molecule has 0 spiro atoms. The Hall–Kier alpha value is -2.93. The molecule has 1 N–H and O–H groups in total. The van der Waals surface area contributed by atoms with Crippen molar-refractivity contribution in [2.24, 2.45) is 0 Å². The maximum Gasteiger partial charge on any atom is 0.274 e. The van der Waals surface area contributed by atoms with Crippen molar-refractivity contribution < 1.29 is 9.18 Å². The van der Waals surface area contributed by atoms with Gasteiger partial charge in [-0.2, -0.15) is 0 Å². The van der Waals surface area contributed by atoms with Gasteiger partial charge in [-0.05, 0) is 49.9 Å². The number of imidazole rings is 1. The van der Waals surface area contributed by atoms with Gasteiger partial charge in [0.1, 0.15) is 17.2 Å². The number of pyridine rings is 1. The SMILES string of the molecule is CCc1nc2ccc(F)cn2c1C(=O)Nc1ccc(N2CCN(C)CC2)cc1. The zero-order chi connectivity index (χ0) is 19.7. The number of hydrogen-bond donors (Lipinski definition) is 1. The number of rotatable bonds is 4. The monoisotopic (exact) mass is 381 g/mol. The highest BCUT2D eigenvalue weighted by atomic mass is 19.1. The number of nitrogens with zero attached hydrogens (tertiary/aromatic N) is 4. The van der Waals surface area contributed by atoms with Crippen LogP contribution in [0.5, 0.6) is 0 Å². The Morgan fingerprint density at radius 3 is 2.50 bits per heavy atom. The summed E-state index contributed by atoms with van der Waals surface area (Å²) in [5, 5.41) is 2.92. The van der Waals surface area contributed by atoms with Crippen molar-refractivity contribution in [3.05, 3.63) is 59.8 Å². The molecule has 7 heteroatoms. The average Bonchev–Trinajstić information content (AvgIpc) is 3.07. The highest BCUT2D eigenvalue weighted by molar-refractivity contribution is 6.04. The number of hydrogen-bond acceptors (Lipinski definition) is 4. The van der Waals surface area contributed by atoms with Gasteiger partial charge in [0.05, 0.1) is 5.69 Å². The third-order valence-corrected chi connectivity index (χ3v) is 5.20. The first-order chi connectivity index (χ1) is 13.5. The van der Waals surface area contributed by atoms with Crippen LogP contribution in [0, 0.1) is 5.82 Å². The molecular formula is C21H24FN5O. The first-order valence-electron chi connectivity index (χ1n) is 9.56. The maximum absolute atomic E-state index is 13.7. The lowest BCUT2D eigenvalue weighted by molar-refractivity contribution is 0.102. The lowest BCUT2D eigenvalue weighted by atomic mass is 10.2. The fourth-order valence-electron chi connectivity index (χ4n) is 3.56. The number of anilines is 2. The summed E-state index contributed by atoms with van der Waals surface area (Å²) in [5.74, 6) is -0.694. The predicted octanol–water partition coefficient (Wildman–Crippen LogP) is 3.04. The summed E-state index contributed by atoms with van der Waals surface area (Å²) in [6.45, 7) is 6.01. The van der Waals surface area contributed by atoms with E-state index in [1.54, 1.807) is 6.07 Å². The third-order valence-electron chi connectivity index (χ3n) is 5.20. The molecule has 28 heavy (non-hydrogen) atoms. The molecule has 1 aromatic carbocycles. The first-order valence-corrected chi connectivity index (χ1v) is 9.56. The molecule has 0 atom stereocenters. The van der Waals surface area contributed by atoms with Gasteiger partial charge < -0.3 is 15.1 Å². The molecule has 1 saturated heterocycles. The molecule has 0 saturated carbocycles. The number of halogens is 1. The zero-order valence-corrected chi connectivity index (χ0v) is 16.2. The van der Waals surface area contributed by atoms with Crippen LogP contribution >= 0.6 is 0 Å². The van der Waals surface area contributed by atoms with Crippen molar-refractivity contribution in [3.8, 4) is 0 Å². The summed E-state index contributed by atoms with van der Waals surface area (Å²) in [6.07, 6.45) is 1.89. The number of nitrogens with one attached hydrogen (secondary N) is 1. The number of carbonyl (C=O) groups is 1. The molecular weight excluding hydrogens is 357 g/mol. The summed E-state index contributed by atoms with van der Waals surface area (Å²) in [6, 6.07) is 10.8. The van der Waals surface area contributed by atoms with Gasteiger partial charge in [0, 0.05) is 43.8 Å². The molecule has 0 unspecified atom stereocenters. The number of amides is 1. The largest absolute Gasteiger partial charge is 0.369 e. The predicted molar refractivity (Wildman–Crippen MR) is 109 cm³/mol. The Balaban J connectivity index is 1.54. The molecule has 1 aliphatic rings. The lowest BCUT2D eigenvalue weighted by Crippen LogP contribution is -2.44. The minimum Gasteiger partial charge on any atom is -0.369 e. The van der Waals surface area contributed by atoms with E-state index in [2.05, 4.69) is 27.1 Å². The molecule has 0 bridgehead atoms. The summed E-state index contributed by atoms with van der Waals surface area (Å²) in [5.41, 5.74) is 3.44. The van der Waals surface area contributed by atoms with E-state index in [4.69, 9.17) is 0 Å². The van der Waals surface area contributed by atoms with Crippen LogP contribution in [0.25, 0.3) is 5.65 Å². The number of carbonyl (C=O) groups excluding carboxylic acids is 1. The molecule has 1 aliphatic heterocycles. The van der Waals surface area contributed by atoms with Crippen molar-refractivity contribution in [1.29, 1.82) is 0 Å². The van der Waals surface area contributed by atoms with Crippen molar-refractivity contribution >= 4 is 22.9 Å². The zero-order valence-electron chi connectivity index (χ0n) is 16.2. The second-order valence-electron chi connectivity index (χ2n) is 7.13. The van der Waals surface area contributed by atoms with Crippen molar-refractivity contribution in [3.63, 3.8) is 0 Å². The van der Waals surface area contributed by atoms with Gasteiger partial charge in [-0.1, -0.05) is 6.92 Å². The van der Waals surface area contributed by atoms with E-state index in [0.717, 1.165) is 31.9 Å². The van der Waals surface area contributed by atoms with Crippen LogP contribution in [-0.2, 0) is 6.42 Å². The number of fused-ring (bicyclic) bond motifs is 1. The van der Waals surface area contributed by atoms with Crippen LogP contribution in [0.2, 0.25) is 0 Å². The molecule has 0 aliphatic carbocycles. The van der Waals surface area contributed by atoms with E-state index >= 15 is 0 Å². The normalized spacial score (nSPS) is 15.2. The smallest absolute Gasteiger partial charge is 0.274 e. The number of likely N-dealkylation sites (N-methyl/N-ethyl adjacent to an activating group) is 1. The minimum atomic E-state index is -0.405. The van der Waals surface area contributed by atoms with Crippen molar-refractivity contribution in [2.75, 3.05) is 43.4 Å². The Morgan fingerprint density at radius 2 is 1.82 bits per heavy atom. The molecule has 4 rings (SSSR count). The number of aromatic nitrogens is 2. The summed E-state index contributed by atoms with van der Waals surface area (Å²) in [7, 11) is 2.13. The summed E-state index contributed by atoms with van der Waals surface area (Å²) in [4.78, 5) is 22.0. The minimum absolute atomic E-state index is 0.290. The number of aryl methyl sites for hydroxylation is 1. The second kappa shape index (κ2) is 7.59. The topological polar surface area (TPSA) is 52.9 Å². The van der Waals surface area contributed by atoms with Gasteiger partial charge >= 0.3 is 0 Å². The fourth-order valence-corrected chi connectivity index (χ4v) is 3.56. The maximum atomic E-state index is 13.7. The molecule has 6 nitrogen and oxygen atoms in total. The third kappa shape index (κ3) is 3.57. The molecule has 1 amide bonds. The Kier molecular flexibility index (Phi) is 5.00. The van der Waals surface area contributed by atoms with E-state index in [0.29, 0.717) is 29.1 Å². The van der Waals surface area contributed by atoms with Gasteiger partial charge in [-0.25, -0.2) is 9.37 Å². The van der Waals surface area contributed by atoms with E-state index < -0.39 is 5.82 Å². The average molecular weight is 381 g/mol. The summed E-state index contributed by atoms with van der Waals surface area (Å²) < 4.78 is 15.2. The van der Waals surface area contributed by atoms with Crippen LogP contribution < -0.4 is 10.2 Å². The second-order valence-corrected chi connectivity index (χ2v) is 7.13. The quantitative estimate of drug-likeness (QED) is 0.755. The number of benzene rings is 1. The van der Waals surface area contributed by atoms with E-state index in [-0.39, 0.29) is 5.91 Å². The van der Waals surface area contributed by atoms with Crippen LogP contribution in [0.3, 0.4) is 0 Å². The summed E-state index contributed by atoms with van der Waals surface area (Å²) >= 11 is 0. The van der Waals surface area contributed by atoms with Crippen LogP contribution in [-0.4, -0.2) is 53.4 Å². The van der Waals surface area contributed by atoms with Crippen molar-refractivity contribution in [2.45, 2.75) is 13.3 Å².